The molecule has 0 radical (unpaired) electrons. The summed E-state index contributed by atoms with van der Waals surface area (Å²) in [6.45, 7) is 1.64. The third kappa shape index (κ3) is 2.95. The van der Waals surface area contributed by atoms with Gasteiger partial charge in [-0.15, -0.1) is 0 Å². The zero-order valence-corrected chi connectivity index (χ0v) is 9.11. The van der Waals surface area contributed by atoms with E-state index in [0.717, 1.165) is 0 Å². The molecule has 82 valence electrons. The van der Waals surface area contributed by atoms with Gasteiger partial charge in [0.2, 0.25) is 0 Å². The maximum Gasteiger partial charge on any atom is 0.337 e. The van der Waals surface area contributed by atoms with Gasteiger partial charge < -0.3 is 8.92 Å². The first kappa shape index (κ1) is 11.5. The highest BCUT2D eigenvalue weighted by Gasteiger charge is 2.08. The number of aryl methyl sites for hydroxylation is 1. The standard InChI is InChI=1S/C9H10O5S/c1-6-5-7(9(10)13-2)3-4-8(6)14-15(11)12/h3-5,15H,1-2H3. The Balaban J connectivity index is 3.02. The van der Waals surface area contributed by atoms with Crippen molar-refractivity contribution in [2.24, 2.45) is 0 Å². The second kappa shape index (κ2) is 4.79. The minimum Gasteiger partial charge on any atom is -0.465 e. The van der Waals surface area contributed by atoms with E-state index in [4.69, 9.17) is 0 Å². The van der Waals surface area contributed by atoms with Gasteiger partial charge in [-0.25, -0.2) is 4.79 Å². The summed E-state index contributed by atoms with van der Waals surface area (Å²) in [5.41, 5.74) is 0.903. The SMILES string of the molecule is COC(=O)c1ccc(O[SH](=O)=O)c(C)c1. The number of methoxy groups -OCH3 is 1. The number of carbonyl (C=O) groups excluding carboxylic acids is 1. The van der Waals surface area contributed by atoms with E-state index in [9.17, 15) is 13.2 Å². The number of hydrogen-bond donors (Lipinski definition) is 1. The summed E-state index contributed by atoms with van der Waals surface area (Å²) < 4.78 is 29.7. The smallest absolute Gasteiger partial charge is 0.337 e. The van der Waals surface area contributed by atoms with E-state index >= 15 is 0 Å². The third-order valence-corrected chi connectivity index (χ3v) is 2.11. The van der Waals surface area contributed by atoms with Crippen LogP contribution in [0.1, 0.15) is 15.9 Å². The fourth-order valence-electron chi connectivity index (χ4n) is 1.08. The Hall–Kier alpha value is -1.56. The van der Waals surface area contributed by atoms with Gasteiger partial charge in [-0.3, -0.25) is 0 Å². The van der Waals surface area contributed by atoms with Crippen LogP contribution < -0.4 is 4.18 Å². The highest BCUT2D eigenvalue weighted by molar-refractivity contribution is 7.67. The summed E-state index contributed by atoms with van der Waals surface area (Å²) >= 11 is 0. The summed E-state index contributed by atoms with van der Waals surface area (Å²) in [7, 11) is -1.66. The molecule has 0 bridgehead atoms. The van der Waals surface area contributed by atoms with Crippen molar-refractivity contribution in [2.75, 3.05) is 7.11 Å². The molecule has 0 unspecified atom stereocenters. The Morgan fingerprint density at radius 1 is 1.33 bits per heavy atom. The number of carbonyl (C=O) groups is 1. The molecule has 0 heterocycles. The molecule has 5 nitrogen and oxygen atoms in total. The van der Waals surface area contributed by atoms with Gasteiger partial charge in [-0.2, -0.15) is 8.42 Å². The van der Waals surface area contributed by atoms with Gasteiger partial charge in [0.15, 0.2) is 0 Å². The minimum absolute atomic E-state index is 0.207. The van der Waals surface area contributed by atoms with Crippen molar-refractivity contribution in [2.45, 2.75) is 6.92 Å². The minimum atomic E-state index is -2.94. The fraction of sp³-hybridized carbons (Fsp3) is 0.222. The molecule has 0 aliphatic carbocycles. The molecule has 1 rings (SSSR count). The van der Waals surface area contributed by atoms with Crippen LogP contribution in [0, 0.1) is 6.92 Å². The van der Waals surface area contributed by atoms with E-state index < -0.39 is 17.0 Å². The number of hydrogen-bond acceptors (Lipinski definition) is 5. The second-order valence-corrected chi connectivity index (χ2v) is 3.42. The topological polar surface area (TPSA) is 69.7 Å². The van der Waals surface area contributed by atoms with Crippen molar-refractivity contribution >= 4 is 17.0 Å². The first-order valence-electron chi connectivity index (χ1n) is 4.06. The highest BCUT2D eigenvalue weighted by Crippen LogP contribution is 2.19. The number of benzene rings is 1. The van der Waals surface area contributed by atoms with E-state index in [1.807, 2.05) is 0 Å². The lowest BCUT2D eigenvalue weighted by Gasteiger charge is -2.04. The van der Waals surface area contributed by atoms with Gasteiger partial charge in [0, 0.05) is 0 Å². The van der Waals surface area contributed by atoms with Crippen molar-refractivity contribution in [3.8, 4) is 5.75 Å². The van der Waals surface area contributed by atoms with Gasteiger partial charge in [0.25, 0.3) is 11.0 Å². The lowest BCUT2D eigenvalue weighted by molar-refractivity contribution is 0.0600. The molecule has 1 aromatic carbocycles. The van der Waals surface area contributed by atoms with Gasteiger partial charge in [-0.1, -0.05) is 0 Å². The van der Waals surface area contributed by atoms with E-state index in [1.54, 1.807) is 6.92 Å². The maximum absolute atomic E-state index is 11.1. The van der Waals surface area contributed by atoms with Crippen LogP contribution in [0.3, 0.4) is 0 Å². The van der Waals surface area contributed by atoms with E-state index in [1.165, 1.54) is 25.3 Å². The van der Waals surface area contributed by atoms with Crippen LogP contribution in [0.25, 0.3) is 0 Å². The average Bonchev–Trinajstić information content (AvgIpc) is 2.19. The molecular weight excluding hydrogens is 220 g/mol. The zero-order valence-electron chi connectivity index (χ0n) is 8.22. The molecule has 0 aliphatic heterocycles. The molecule has 0 fully saturated rings. The van der Waals surface area contributed by atoms with Gasteiger partial charge in [0.1, 0.15) is 5.75 Å². The Labute approximate surface area is 88.8 Å². The van der Waals surface area contributed by atoms with E-state index in [2.05, 4.69) is 8.92 Å². The summed E-state index contributed by atoms with van der Waals surface area (Å²) in [5, 5.41) is 0. The van der Waals surface area contributed by atoms with Crippen LogP contribution in [0.15, 0.2) is 18.2 Å². The molecule has 0 saturated carbocycles. The lowest BCUT2D eigenvalue weighted by Crippen LogP contribution is -2.02. The molecule has 0 aliphatic rings. The molecule has 6 heteroatoms. The number of ether oxygens (including phenoxy) is 1. The quantitative estimate of drug-likeness (QED) is 0.611. The first-order chi connectivity index (χ1) is 7.04. The van der Waals surface area contributed by atoms with Crippen molar-refractivity contribution < 1.29 is 22.1 Å². The van der Waals surface area contributed by atoms with Crippen LogP contribution in [0.2, 0.25) is 0 Å². The number of rotatable bonds is 3. The molecule has 15 heavy (non-hydrogen) atoms. The fourth-order valence-corrected chi connectivity index (χ4v) is 1.44. The molecule has 0 atom stereocenters. The Kier molecular flexibility index (Phi) is 3.68. The van der Waals surface area contributed by atoms with Gasteiger partial charge in [-0.05, 0) is 30.7 Å². The second-order valence-electron chi connectivity index (χ2n) is 2.79. The predicted octanol–water partition coefficient (Wildman–Crippen LogP) is 0.687. The first-order valence-corrected chi connectivity index (χ1v) is 5.15. The predicted molar refractivity (Wildman–Crippen MR) is 53.5 cm³/mol. The average molecular weight is 230 g/mol. The number of thiol groups is 1. The zero-order chi connectivity index (χ0) is 11.4. The molecular formula is C9H10O5S. The van der Waals surface area contributed by atoms with E-state index in [0.29, 0.717) is 11.1 Å². The number of esters is 1. The monoisotopic (exact) mass is 230 g/mol. The normalized spacial score (nSPS) is 10.1. The summed E-state index contributed by atoms with van der Waals surface area (Å²) in [6.07, 6.45) is 0. The van der Waals surface area contributed by atoms with Crippen molar-refractivity contribution in [1.82, 2.24) is 0 Å². The molecule has 1 aromatic rings. The Morgan fingerprint density at radius 2 is 2.00 bits per heavy atom. The van der Waals surface area contributed by atoms with Crippen molar-refractivity contribution in [3.05, 3.63) is 29.3 Å². The summed E-state index contributed by atoms with van der Waals surface area (Å²) in [6, 6.07) is 4.35. The lowest BCUT2D eigenvalue weighted by atomic mass is 10.1. The molecule has 0 N–H and O–H groups in total. The van der Waals surface area contributed by atoms with Crippen molar-refractivity contribution in [1.29, 1.82) is 0 Å². The highest BCUT2D eigenvalue weighted by atomic mass is 32.2. The third-order valence-electron chi connectivity index (χ3n) is 1.77. The Morgan fingerprint density at radius 3 is 2.47 bits per heavy atom. The molecule has 0 spiro atoms. The molecule has 0 saturated heterocycles. The van der Waals surface area contributed by atoms with Crippen LogP contribution in [0.5, 0.6) is 5.75 Å². The largest absolute Gasteiger partial charge is 0.465 e. The van der Waals surface area contributed by atoms with Gasteiger partial charge in [0.05, 0.1) is 12.7 Å². The van der Waals surface area contributed by atoms with Crippen LogP contribution >= 0.6 is 0 Å². The summed E-state index contributed by atoms with van der Waals surface area (Å²) in [4.78, 5) is 11.1. The van der Waals surface area contributed by atoms with Crippen LogP contribution in [0.4, 0.5) is 0 Å². The summed E-state index contributed by atoms with van der Waals surface area (Å²) in [5.74, 6) is -0.269. The van der Waals surface area contributed by atoms with Crippen LogP contribution in [-0.4, -0.2) is 21.5 Å². The maximum atomic E-state index is 11.1. The van der Waals surface area contributed by atoms with Crippen LogP contribution in [-0.2, 0) is 15.7 Å². The molecule has 0 aromatic heterocycles. The van der Waals surface area contributed by atoms with Gasteiger partial charge >= 0.3 is 5.97 Å². The molecule has 0 amide bonds. The van der Waals surface area contributed by atoms with E-state index in [-0.39, 0.29) is 5.75 Å². The Bertz CT molecular complexity index is 442. The van der Waals surface area contributed by atoms with Crippen molar-refractivity contribution in [3.63, 3.8) is 0 Å².